The van der Waals surface area contributed by atoms with Gasteiger partial charge in [0.05, 0.1) is 0 Å². The fourth-order valence-electron chi connectivity index (χ4n) is 2.17. The number of rotatable bonds is 13. The van der Waals surface area contributed by atoms with Crippen molar-refractivity contribution in [2.45, 2.75) is 71.1 Å². The Balaban J connectivity index is 3.82. The average Bonchev–Trinajstić information content (AvgIpc) is 2.38. The van der Waals surface area contributed by atoms with E-state index in [1.54, 1.807) is 0 Å². The molecule has 0 amide bonds. The second kappa shape index (κ2) is 12.2. The van der Waals surface area contributed by atoms with Gasteiger partial charge in [-0.3, -0.25) is 9.59 Å². The summed E-state index contributed by atoms with van der Waals surface area (Å²) < 4.78 is 0. The SMILES string of the molecule is CCCCCCCCC(=O)C(CCCCN)C(=O)O. The molecule has 0 aromatic rings. The Labute approximate surface area is 116 Å². The Morgan fingerprint density at radius 1 is 1.00 bits per heavy atom. The third kappa shape index (κ3) is 9.65. The number of hydrogen-bond donors (Lipinski definition) is 2. The summed E-state index contributed by atoms with van der Waals surface area (Å²) in [7, 11) is 0. The fraction of sp³-hybridized carbons (Fsp3) is 0.867. The molecule has 4 nitrogen and oxygen atoms in total. The lowest BCUT2D eigenvalue weighted by Gasteiger charge is -2.10. The maximum absolute atomic E-state index is 11.9. The molecule has 0 saturated carbocycles. The quantitative estimate of drug-likeness (QED) is 0.398. The molecule has 0 heterocycles. The van der Waals surface area contributed by atoms with E-state index in [1.807, 2.05) is 0 Å². The van der Waals surface area contributed by atoms with Gasteiger partial charge in [0.15, 0.2) is 0 Å². The van der Waals surface area contributed by atoms with Crippen molar-refractivity contribution < 1.29 is 14.7 Å². The number of Topliss-reactive ketones (excluding diaryl/α,β-unsaturated/α-hetero) is 1. The number of unbranched alkanes of at least 4 members (excludes halogenated alkanes) is 6. The number of carbonyl (C=O) groups excluding carboxylic acids is 1. The van der Waals surface area contributed by atoms with Gasteiger partial charge in [-0.1, -0.05) is 45.4 Å². The zero-order valence-electron chi connectivity index (χ0n) is 12.2. The van der Waals surface area contributed by atoms with Crippen LogP contribution in [-0.4, -0.2) is 23.4 Å². The molecule has 0 aliphatic carbocycles. The first-order chi connectivity index (χ1) is 9.13. The van der Waals surface area contributed by atoms with Gasteiger partial charge in [0.2, 0.25) is 0 Å². The molecule has 0 aromatic heterocycles. The van der Waals surface area contributed by atoms with Crippen LogP contribution in [0.5, 0.6) is 0 Å². The van der Waals surface area contributed by atoms with Crippen molar-refractivity contribution in [2.24, 2.45) is 11.7 Å². The van der Waals surface area contributed by atoms with Crippen LogP contribution in [0.15, 0.2) is 0 Å². The number of aliphatic carboxylic acids is 1. The van der Waals surface area contributed by atoms with Crippen molar-refractivity contribution in [2.75, 3.05) is 6.54 Å². The molecule has 0 aromatic carbocycles. The Hall–Kier alpha value is -0.900. The van der Waals surface area contributed by atoms with Crippen molar-refractivity contribution in [3.05, 3.63) is 0 Å². The Morgan fingerprint density at radius 2 is 1.63 bits per heavy atom. The highest BCUT2D eigenvalue weighted by molar-refractivity contribution is 5.98. The summed E-state index contributed by atoms with van der Waals surface area (Å²) >= 11 is 0. The summed E-state index contributed by atoms with van der Waals surface area (Å²) in [6.45, 7) is 2.72. The van der Waals surface area contributed by atoms with Gasteiger partial charge in [0.1, 0.15) is 11.7 Å². The molecule has 0 bridgehead atoms. The molecule has 0 radical (unpaired) electrons. The van der Waals surface area contributed by atoms with E-state index in [-0.39, 0.29) is 5.78 Å². The molecule has 0 aliphatic rings. The van der Waals surface area contributed by atoms with E-state index >= 15 is 0 Å². The summed E-state index contributed by atoms with van der Waals surface area (Å²) in [6, 6.07) is 0. The first kappa shape index (κ1) is 18.1. The van der Waals surface area contributed by atoms with Crippen molar-refractivity contribution in [3.63, 3.8) is 0 Å². The molecule has 19 heavy (non-hydrogen) atoms. The fourth-order valence-corrected chi connectivity index (χ4v) is 2.17. The normalized spacial score (nSPS) is 12.3. The van der Waals surface area contributed by atoms with Crippen molar-refractivity contribution >= 4 is 11.8 Å². The molecule has 1 atom stereocenters. The van der Waals surface area contributed by atoms with Crippen molar-refractivity contribution in [1.29, 1.82) is 0 Å². The highest BCUT2D eigenvalue weighted by atomic mass is 16.4. The van der Waals surface area contributed by atoms with Crippen molar-refractivity contribution in [1.82, 2.24) is 0 Å². The van der Waals surface area contributed by atoms with Gasteiger partial charge >= 0.3 is 5.97 Å². The van der Waals surface area contributed by atoms with Crippen molar-refractivity contribution in [3.8, 4) is 0 Å². The Kier molecular flexibility index (Phi) is 11.6. The standard InChI is InChI=1S/C15H29NO3/c1-2-3-4-5-6-7-11-14(17)13(15(18)19)10-8-9-12-16/h13H,2-12,16H2,1H3,(H,18,19). The molecule has 112 valence electrons. The van der Waals surface area contributed by atoms with E-state index in [2.05, 4.69) is 6.92 Å². The highest BCUT2D eigenvalue weighted by Crippen LogP contribution is 2.15. The molecular formula is C15H29NO3. The lowest BCUT2D eigenvalue weighted by molar-refractivity contribution is -0.146. The number of carboxylic acid groups (broad SMARTS) is 1. The minimum absolute atomic E-state index is 0.111. The van der Waals surface area contributed by atoms with Crippen LogP contribution in [0.4, 0.5) is 0 Å². The molecule has 0 aliphatic heterocycles. The summed E-state index contributed by atoms with van der Waals surface area (Å²) in [6.07, 6.45) is 9.00. The van der Waals surface area contributed by atoms with E-state index in [4.69, 9.17) is 10.8 Å². The van der Waals surface area contributed by atoms with Gasteiger partial charge in [0, 0.05) is 6.42 Å². The summed E-state index contributed by atoms with van der Waals surface area (Å²) in [5.41, 5.74) is 5.37. The van der Waals surface area contributed by atoms with E-state index in [0.29, 0.717) is 19.4 Å². The minimum atomic E-state index is -0.979. The predicted octanol–water partition coefficient (Wildman–Crippen LogP) is 3.14. The molecular weight excluding hydrogens is 242 g/mol. The van der Waals surface area contributed by atoms with E-state index in [0.717, 1.165) is 32.1 Å². The van der Waals surface area contributed by atoms with Crippen LogP contribution < -0.4 is 5.73 Å². The summed E-state index contributed by atoms with van der Waals surface area (Å²) in [5.74, 6) is -1.91. The summed E-state index contributed by atoms with van der Waals surface area (Å²) in [4.78, 5) is 22.9. The van der Waals surface area contributed by atoms with Crippen LogP contribution >= 0.6 is 0 Å². The largest absolute Gasteiger partial charge is 0.481 e. The molecule has 1 unspecified atom stereocenters. The molecule has 3 N–H and O–H groups in total. The Morgan fingerprint density at radius 3 is 2.21 bits per heavy atom. The molecule has 0 fully saturated rings. The molecule has 4 heteroatoms. The van der Waals surface area contributed by atoms with Crippen LogP contribution in [0.2, 0.25) is 0 Å². The van der Waals surface area contributed by atoms with E-state index in [1.165, 1.54) is 19.3 Å². The van der Waals surface area contributed by atoms with Gasteiger partial charge < -0.3 is 10.8 Å². The smallest absolute Gasteiger partial charge is 0.314 e. The molecule has 0 rings (SSSR count). The van der Waals surface area contributed by atoms with Gasteiger partial charge in [-0.2, -0.15) is 0 Å². The lowest BCUT2D eigenvalue weighted by Crippen LogP contribution is -2.24. The maximum Gasteiger partial charge on any atom is 0.314 e. The first-order valence-electron chi connectivity index (χ1n) is 7.59. The molecule has 0 saturated heterocycles. The zero-order chi connectivity index (χ0) is 14.5. The third-order valence-corrected chi connectivity index (χ3v) is 3.41. The Bertz CT molecular complexity index is 254. The minimum Gasteiger partial charge on any atom is -0.481 e. The number of nitrogens with two attached hydrogens (primary N) is 1. The summed E-state index contributed by atoms with van der Waals surface area (Å²) in [5, 5.41) is 9.06. The van der Waals surface area contributed by atoms with Crippen LogP contribution in [0.3, 0.4) is 0 Å². The number of carboxylic acids is 1. The van der Waals surface area contributed by atoms with Crippen LogP contribution in [-0.2, 0) is 9.59 Å². The maximum atomic E-state index is 11.9. The zero-order valence-corrected chi connectivity index (χ0v) is 12.2. The highest BCUT2D eigenvalue weighted by Gasteiger charge is 2.24. The first-order valence-corrected chi connectivity index (χ1v) is 7.59. The van der Waals surface area contributed by atoms with E-state index < -0.39 is 11.9 Å². The van der Waals surface area contributed by atoms with Gasteiger partial charge in [-0.05, 0) is 25.8 Å². The predicted molar refractivity (Wildman–Crippen MR) is 77.0 cm³/mol. The molecule has 0 spiro atoms. The van der Waals surface area contributed by atoms with Crippen LogP contribution in [0, 0.1) is 5.92 Å². The lowest BCUT2D eigenvalue weighted by atomic mass is 9.93. The third-order valence-electron chi connectivity index (χ3n) is 3.41. The average molecular weight is 271 g/mol. The van der Waals surface area contributed by atoms with Gasteiger partial charge in [0.25, 0.3) is 0 Å². The number of ketones is 1. The second-order valence-electron chi connectivity index (χ2n) is 5.16. The monoisotopic (exact) mass is 271 g/mol. The number of hydrogen-bond acceptors (Lipinski definition) is 3. The van der Waals surface area contributed by atoms with Crippen LogP contribution in [0.25, 0.3) is 0 Å². The second-order valence-corrected chi connectivity index (χ2v) is 5.16. The topological polar surface area (TPSA) is 80.4 Å². The van der Waals surface area contributed by atoms with E-state index in [9.17, 15) is 9.59 Å². The number of carbonyl (C=O) groups is 2. The van der Waals surface area contributed by atoms with Gasteiger partial charge in [-0.25, -0.2) is 0 Å². The van der Waals surface area contributed by atoms with Crippen LogP contribution in [0.1, 0.15) is 71.1 Å². The van der Waals surface area contributed by atoms with Gasteiger partial charge in [-0.15, -0.1) is 0 Å².